The number of halogens is 1. The van der Waals surface area contributed by atoms with Crippen molar-refractivity contribution in [3.05, 3.63) is 22.7 Å². The van der Waals surface area contributed by atoms with E-state index in [0.29, 0.717) is 24.5 Å². The number of anilines is 1. The number of ether oxygens (including phenoxy) is 1. The average Bonchev–Trinajstić information content (AvgIpc) is 2.46. The van der Waals surface area contributed by atoms with Gasteiger partial charge in [0.15, 0.2) is 6.61 Å². The number of benzene rings is 1. The normalized spacial score (nSPS) is 13.6. The molecule has 0 bridgehead atoms. The average molecular weight is 356 g/mol. The fourth-order valence-corrected chi connectivity index (χ4v) is 2.39. The standard InChI is InChI=1S/C14H18BrN3O3/c15-10-3-4-11-12(7-10)21-9-14(20)18(11)8-13(19)17-6-2-1-5-16/h3-4,7H,1-2,5-6,8-9,16H2,(H,17,19). The van der Waals surface area contributed by atoms with Crippen LogP contribution in [-0.4, -0.2) is 38.1 Å². The van der Waals surface area contributed by atoms with E-state index in [0.717, 1.165) is 17.3 Å². The summed E-state index contributed by atoms with van der Waals surface area (Å²) < 4.78 is 6.24. The van der Waals surface area contributed by atoms with Gasteiger partial charge in [0.2, 0.25) is 5.91 Å². The Balaban J connectivity index is 1.99. The van der Waals surface area contributed by atoms with E-state index in [-0.39, 0.29) is 25.0 Å². The van der Waals surface area contributed by atoms with Crippen molar-refractivity contribution in [1.82, 2.24) is 5.32 Å². The molecule has 0 saturated carbocycles. The molecule has 1 aromatic rings. The molecular formula is C14H18BrN3O3. The van der Waals surface area contributed by atoms with Crippen molar-refractivity contribution < 1.29 is 14.3 Å². The zero-order valence-electron chi connectivity index (χ0n) is 11.6. The molecule has 0 aliphatic carbocycles. The molecule has 2 rings (SSSR count). The smallest absolute Gasteiger partial charge is 0.265 e. The molecule has 2 amide bonds. The molecule has 6 nitrogen and oxygen atoms in total. The van der Waals surface area contributed by atoms with E-state index in [1.165, 1.54) is 4.90 Å². The van der Waals surface area contributed by atoms with Crippen LogP contribution in [0.15, 0.2) is 22.7 Å². The van der Waals surface area contributed by atoms with Crippen molar-refractivity contribution in [2.75, 3.05) is 31.1 Å². The van der Waals surface area contributed by atoms with Crippen LogP contribution in [0.4, 0.5) is 5.69 Å². The van der Waals surface area contributed by atoms with E-state index in [2.05, 4.69) is 21.2 Å². The molecule has 1 aliphatic heterocycles. The number of carbonyl (C=O) groups is 2. The first-order valence-corrected chi connectivity index (χ1v) is 7.60. The highest BCUT2D eigenvalue weighted by Gasteiger charge is 2.27. The zero-order chi connectivity index (χ0) is 15.2. The summed E-state index contributed by atoms with van der Waals surface area (Å²) in [4.78, 5) is 25.3. The first kappa shape index (κ1) is 15.8. The maximum Gasteiger partial charge on any atom is 0.265 e. The fraction of sp³-hybridized carbons (Fsp3) is 0.429. The van der Waals surface area contributed by atoms with Gasteiger partial charge >= 0.3 is 0 Å². The highest BCUT2D eigenvalue weighted by Crippen LogP contribution is 2.34. The topological polar surface area (TPSA) is 84.7 Å². The van der Waals surface area contributed by atoms with Gasteiger partial charge in [-0.25, -0.2) is 0 Å². The minimum absolute atomic E-state index is 0.000545. The molecule has 0 fully saturated rings. The lowest BCUT2D eigenvalue weighted by Crippen LogP contribution is -2.45. The van der Waals surface area contributed by atoms with E-state index in [1.807, 2.05) is 6.07 Å². The lowest BCUT2D eigenvalue weighted by Gasteiger charge is -2.29. The van der Waals surface area contributed by atoms with Crippen LogP contribution >= 0.6 is 15.9 Å². The number of amides is 2. The van der Waals surface area contributed by atoms with Gasteiger partial charge < -0.3 is 15.8 Å². The molecule has 3 N–H and O–H groups in total. The number of rotatable bonds is 6. The quantitative estimate of drug-likeness (QED) is 0.746. The monoisotopic (exact) mass is 355 g/mol. The molecule has 1 heterocycles. The lowest BCUT2D eigenvalue weighted by molar-refractivity contribution is -0.125. The third kappa shape index (κ3) is 4.18. The van der Waals surface area contributed by atoms with Gasteiger partial charge in [-0.3, -0.25) is 14.5 Å². The Hall–Kier alpha value is -1.60. The summed E-state index contributed by atoms with van der Waals surface area (Å²) in [5.41, 5.74) is 6.01. The minimum Gasteiger partial charge on any atom is -0.482 e. The summed E-state index contributed by atoms with van der Waals surface area (Å²) in [6.07, 6.45) is 1.70. The highest BCUT2D eigenvalue weighted by atomic mass is 79.9. The van der Waals surface area contributed by atoms with Gasteiger partial charge in [-0.2, -0.15) is 0 Å². The van der Waals surface area contributed by atoms with E-state index < -0.39 is 0 Å². The van der Waals surface area contributed by atoms with Crippen LogP contribution in [0.5, 0.6) is 5.75 Å². The molecule has 1 aliphatic rings. The second kappa shape index (κ2) is 7.42. The van der Waals surface area contributed by atoms with E-state index in [9.17, 15) is 9.59 Å². The van der Waals surface area contributed by atoms with Crippen molar-refractivity contribution >= 4 is 33.4 Å². The summed E-state index contributed by atoms with van der Waals surface area (Å²) in [5, 5.41) is 2.79. The van der Waals surface area contributed by atoms with Gasteiger partial charge in [-0.1, -0.05) is 15.9 Å². The second-order valence-corrected chi connectivity index (χ2v) is 5.64. The van der Waals surface area contributed by atoms with Crippen molar-refractivity contribution in [2.24, 2.45) is 5.73 Å². The zero-order valence-corrected chi connectivity index (χ0v) is 13.2. The first-order chi connectivity index (χ1) is 10.1. The summed E-state index contributed by atoms with van der Waals surface area (Å²) >= 11 is 3.35. The third-order valence-electron chi connectivity index (χ3n) is 3.12. The maximum absolute atomic E-state index is 11.9. The summed E-state index contributed by atoms with van der Waals surface area (Å²) in [5.74, 6) is 0.193. The van der Waals surface area contributed by atoms with Crippen LogP contribution < -0.4 is 20.7 Å². The number of nitrogens with one attached hydrogen (secondary N) is 1. The Morgan fingerprint density at radius 3 is 3.00 bits per heavy atom. The van der Waals surface area contributed by atoms with E-state index >= 15 is 0 Å². The van der Waals surface area contributed by atoms with Gasteiger partial charge in [-0.05, 0) is 37.6 Å². The molecule has 21 heavy (non-hydrogen) atoms. The van der Waals surface area contributed by atoms with Gasteiger partial charge in [0.1, 0.15) is 12.3 Å². The van der Waals surface area contributed by atoms with Crippen LogP contribution in [0.2, 0.25) is 0 Å². The van der Waals surface area contributed by atoms with Crippen LogP contribution in [0.1, 0.15) is 12.8 Å². The summed E-state index contributed by atoms with van der Waals surface area (Å²) in [6.45, 7) is 1.13. The van der Waals surface area contributed by atoms with Crippen molar-refractivity contribution in [3.8, 4) is 5.75 Å². The largest absolute Gasteiger partial charge is 0.482 e. The molecule has 1 aromatic carbocycles. The Kier molecular flexibility index (Phi) is 5.58. The van der Waals surface area contributed by atoms with Crippen LogP contribution in [0.3, 0.4) is 0 Å². The highest BCUT2D eigenvalue weighted by molar-refractivity contribution is 9.10. The molecule has 0 spiro atoms. The first-order valence-electron chi connectivity index (χ1n) is 6.81. The molecule has 0 unspecified atom stereocenters. The number of unbranched alkanes of at least 4 members (excludes halogenated alkanes) is 1. The van der Waals surface area contributed by atoms with Crippen LogP contribution in [0, 0.1) is 0 Å². The van der Waals surface area contributed by atoms with Crippen molar-refractivity contribution in [1.29, 1.82) is 0 Å². The predicted octanol–water partition coefficient (Wildman–Crippen LogP) is 1.03. The van der Waals surface area contributed by atoms with Crippen LogP contribution in [0.25, 0.3) is 0 Å². The lowest BCUT2D eigenvalue weighted by atomic mass is 10.2. The number of hydrogen-bond donors (Lipinski definition) is 2. The van der Waals surface area contributed by atoms with Crippen molar-refractivity contribution in [2.45, 2.75) is 12.8 Å². The molecule has 7 heteroatoms. The van der Waals surface area contributed by atoms with Gasteiger partial charge in [-0.15, -0.1) is 0 Å². The summed E-state index contributed by atoms with van der Waals surface area (Å²) in [6, 6.07) is 5.36. The fourth-order valence-electron chi connectivity index (χ4n) is 2.05. The van der Waals surface area contributed by atoms with Gasteiger partial charge in [0, 0.05) is 11.0 Å². The Morgan fingerprint density at radius 1 is 1.43 bits per heavy atom. The number of fused-ring (bicyclic) bond motifs is 1. The van der Waals surface area contributed by atoms with Gasteiger partial charge in [0.05, 0.1) is 5.69 Å². The number of nitrogens with two attached hydrogens (primary N) is 1. The Bertz CT molecular complexity index is 536. The van der Waals surface area contributed by atoms with E-state index in [1.54, 1.807) is 12.1 Å². The number of carbonyl (C=O) groups excluding carboxylic acids is 2. The van der Waals surface area contributed by atoms with E-state index in [4.69, 9.17) is 10.5 Å². The third-order valence-corrected chi connectivity index (χ3v) is 3.61. The molecule has 0 aromatic heterocycles. The number of hydrogen-bond acceptors (Lipinski definition) is 4. The maximum atomic E-state index is 11.9. The van der Waals surface area contributed by atoms with Crippen molar-refractivity contribution in [3.63, 3.8) is 0 Å². The Morgan fingerprint density at radius 2 is 2.24 bits per heavy atom. The van der Waals surface area contributed by atoms with Crippen LogP contribution in [-0.2, 0) is 9.59 Å². The minimum atomic E-state index is -0.220. The molecular weight excluding hydrogens is 338 g/mol. The Labute approximate surface area is 131 Å². The predicted molar refractivity (Wildman–Crippen MR) is 83.3 cm³/mol. The molecule has 0 atom stereocenters. The molecule has 114 valence electrons. The van der Waals surface area contributed by atoms with Gasteiger partial charge in [0.25, 0.3) is 5.91 Å². The molecule has 0 radical (unpaired) electrons. The number of nitrogens with zero attached hydrogens (tertiary/aromatic N) is 1. The summed E-state index contributed by atoms with van der Waals surface area (Å²) in [7, 11) is 0. The molecule has 0 saturated heterocycles. The second-order valence-electron chi connectivity index (χ2n) is 4.73. The SMILES string of the molecule is NCCCCNC(=O)CN1C(=O)COc2cc(Br)ccc21.